The van der Waals surface area contributed by atoms with E-state index in [1.54, 1.807) is 5.57 Å². The number of hydrogen-bond acceptors (Lipinski definition) is 2. The molecular weight excluding hydrogens is 198 g/mol. The van der Waals surface area contributed by atoms with Crippen LogP contribution in [0.5, 0.6) is 0 Å². The number of nitrogens with one attached hydrogen (secondary N) is 1. The summed E-state index contributed by atoms with van der Waals surface area (Å²) in [7, 11) is 0. The lowest BCUT2D eigenvalue weighted by Gasteiger charge is -2.32. The molecule has 0 aromatic rings. The molecule has 2 nitrogen and oxygen atoms in total. The molecule has 16 heavy (non-hydrogen) atoms. The van der Waals surface area contributed by atoms with E-state index in [-0.39, 0.29) is 6.10 Å². The number of rotatable bonds is 4. The second-order valence-corrected chi connectivity index (χ2v) is 5.95. The minimum Gasteiger partial charge on any atom is -0.393 e. The van der Waals surface area contributed by atoms with Crippen LogP contribution in [0.2, 0.25) is 0 Å². The Labute approximate surface area is 99.1 Å². The zero-order chi connectivity index (χ0) is 11.5. The monoisotopic (exact) mass is 223 g/mol. The molecule has 2 unspecified atom stereocenters. The molecule has 2 atom stereocenters. The fourth-order valence-electron chi connectivity index (χ4n) is 3.20. The summed E-state index contributed by atoms with van der Waals surface area (Å²) in [6, 6.07) is 0. The van der Waals surface area contributed by atoms with E-state index in [9.17, 15) is 5.11 Å². The summed E-state index contributed by atoms with van der Waals surface area (Å²) in [5.74, 6) is 2.31. The van der Waals surface area contributed by atoms with E-state index < -0.39 is 0 Å². The highest BCUT2D eigenvalue weighted by molar-refractivity contribution is 5.06. The summed E-state index contributed by atoms with van der Waals surface area (Å²) >= 11 is 0. The lowest BCUT2D eigenvalue weighted by atomic mass is 9.81. The van der Waals surface area contributed by atoms with Gasteiger partial charge in [-0.3, -0.25) is 0 Å². The van der Waals surface area contributed by atoms with Gasteiger partial charge in [-0.25, -0.2) is 0 Å². The van der Waals surface area contributed by atoms with Crippen molar-refractivity contribution < 1.29 is 5.11 Å². The van der Waals surface area contributed by atoms with Crippen LogP contribution in [-0.4, -0.2) is 24.3 Å². The molecule has 2 rings (SSSR count). The Hall–Kier alpha value is -0.340. The number of aliphatic hydroxyl groups excluding tert-OH is 1. The van der Waals surface area contributed by atoms with Crippen molar-refractivity contribution in [1.29, 1.82) is 0 Å². The molecule has 0 radical (unpaired) electrons. The van der Waals surface area contributed by atoms with E-state index in [0.29, 0.717) is 0 Å². The van der Waals surface area contributed by atoms with Crippen molar-refractivity contribution in [2.45, 2.75) is 45.6 Å². The van der Waals surface area contributed by atoms with Gasteiger partial charge in [0.2, 0.25) is 0 Å². The lowest BCUT2D eigenvalue weighted by molar-refractivity contribution is 0.0426. The molecule has 2 aliphatic rings. The van der Waals surface area contributed by atoms with Crippen molar-refractivity contribution in [3.63, 3.8) is 0 Å². The summed E-state index contributed by atoms with van der Waals surface area (Å²) in [6.07, 6.45) is 7.02. The normalized spacial score (nSPS) is 39.1. The van der Waals surface area contributed by atoms with Gasteiger partial charge in [0.15, 0.2) is 0 Å². The van der Waals surface area contributed by atoms with Gasteiger partial charge in [-0.1, -0.05) is 18.6 Å². The van der Waals surface area contributed by atoms with Gasteiger partial charge < -0.3 is 10.4 Å². The minimum absolute atomic E-state index is 0.00770. The first-order valence-corrected chi connectivity index (χ1v) is 6.69. The van der Waals surface area contributed by atoms with Crippen LogP contribution in [0.4, 0.5) is 0 Å². The Kier molecular flexibility index (Phi) is 4.04. The summed E-state index contributed by atoms with van der Waals surface area (Å²) in [6.45, 7) is 6.83. The third kappa shape index (κ3) is 3.33. The largest absolute Gasteiger partial charge is 0.393 e. The number of aliphatic hydroxyl groups is 1. The van der Waals surface area contributed by atoms with Gasteiger partial charge in [0.1, 0.15) is 0 Å². The molecule has 0 spiro atoms. The quantitative estimate of drug-likeness (QED) is 0.717. The van der Waals surface area contributed by atoms with Crippen LogP contribution in [0.3, 0.4) is 0 Å². The van der Waals surface area contributed by atoms with E-state index in [2.05, 4.69) is 25.2 Å². The van der Waals surface area contributed by atoms with Crippen LogP contribution in [0.25, 0.3) is 0 Å². The first-order valence-electron chi connectivity index (χ1n) is 6.69. The highest BCUT2D eigenvalue weighted by Crippen LogP contribution is 2.28. The van der Waals surface area contributed by atoms with Crippen LogP contribution in [-0.2, 0) is 0 Å². The molecule has 1 fully saturated rings. The summed E-state index contributed by atoms with van der Waals surface area (Å²) in [4.78, 5) is 0. The molecule has 0 heterocycles. The Morgan fingerprint density at radius 2 is 1.94 bits per heavy atom. The highest BCUT2D eigenvalue weighted by atomic mass is 16.3. The van der Waals surface area contributed by atoms with Crippen molar-refractivity contribution in [2.24, 2.45) is 17.8 Å². The SMILES string of the molecule is CC1=CC(C)CC(CNCC2CC(O)C2)C1. The second kappa shape index (κ2) is 5.33. The third-order valence-electron chi connectivity index (χ3n) is 3.96. The van der Waals surface area contributed by atoms with Crippen LogP contribution in [0.15, 0.2) is 11.6 Å². The van der Waals surface area contributed by atoms with Crippen molar-refractivity contribution >= 4 is 0 Å². The molecule has 2 heteroatoms. The fraction of sp³-hybridized carbons (Fsp3) is 0.857. The van der Waals surface area contributed by atoms with Gasteiger partial charge in [-0.15, -0.1) is 0 Å². The smallest absolute Gasteiger partial charge is 0.0546 e. The average Bonchev–Trinajstić information content (AvgIpc) is 2.13. The Balaban J connectivity index is 1.61. The molecule has 0 bridgehead atoms. The molecule has 2 N–H and O–H groups in total. The molecule has 0 aromatic heterocycles. The van der Waals surface area contributed by atoms with E-state index in [0.717, 1.165) is 43.7 Å². The fourth-order valence-corrected chi connectivity index (χ4v) is 3.20. The Morgan fingerprint density at radius 1 is 1.25 bits per heavy atom. The first kappa shape index (κ1) is 12.1. The van der Waals surface area contributed by atoms with Gasteiger partial charge in [-0.05, 0) is 63.5 Å². The molecular formula is C14H25NO. The number of allylic oxidation sites excluding steroid dienone is 2. The van der Waals surface area contributed by atoms with E-state index >= 15 is 0 Å². The lowest BCUT2D eigenvalue weighted by Crippen LogP contribution is -2.38. The van der Waals surface area contributed by atoms with Gasteiger partial charge in [0, 0.05) is 0 Å². The van der Waals surface area contributed by atoms with Crippen molar-refractivity contribution in [3.05, 3.63) is 11.6 Å². The summed E-state index contributed by atoms with van der Waals surface area (Å²) in [5.41, 5.74) is 1.56. The van der Waals surface area contributed by atoms with Gasteiger partial charge in [-0.2, -0.15) is 0 Å². The van der Waals surface area contributed by atoms with Crippen LogP contribution in [0.1, 0.15) is 39.5 Å². The van der Waals surface area contributed by atoms with Crippen molar-refractivity contribution in [1.82, 2.24) is 5.32 Å². The van der Waals surface area contributed by atoms with Crippen LogP contribution >= 0.6 is 0 Å². The minimum atomic E-state index is -0.00770. The third-order valence-corrected chi connectivity index (χ3v) is 3.96. The van der Waals surface area contributed by atoms with Crippen LogP contribution < -0.4 is 5.32 Å². The van der Waals surface area contributed by atoms with Crippen molar-refractivity contribution in [2.75, 3.05) is 13.1 Å². The van der Waals surface area contributed by atoms with E-state index in [4.69, 9.17) is 0 Å². The standard InChI is InChI=1S/C14H25NO/c1-10-3-11(2)5-12(4-10)8-15-9-13-6-14(16)7-13/h3,10,12-16H,4-9H2,1-2H3. The molecule has 0 saturated heterocycles. The Bertz CT molecular complexity index is 255. The zero-order valence-corrected chi connectivity index (χ0v) is 10.6. The first-order chi connectivity index (χ1) is 7.63. The van der Waals surface area contributed by atoms with Crippen molar-refractivity contribution in [3.8, 4) is 0 Å². The summed E-state index contributed by atoms with van der Waals surface area (Å²) in [5, 5.41) is 12.8. The van der Waals surface area contributed by atoms with E-state index in [1.165, 1.54) is 12.8 Å². The molecule has 1 saturated carbocycles. The Morgan fingerprint density at radius 3 is 2.56 bits per heavy atom. The summed E-state index contributed by atoms with van der Waals surface area (Å²) < 4.78 is 0. The highest BCUT2D eigenvalue weighted by Gasteiger charge is 2.26. The predicted molar refractivity (Wildman–Crippen MR) is 67.2 cm³/mol. The van der Waals surface area contributed by atoms with Gasteiger partial charge >= 0.3 is 0 Å². The van der Waals surface area contributed by atoms with E-state index in [1.807, 2.05) is 0 Å². The maximum atomic E-state index is 9.20. The average molecular weight is 223 g/mol. The molecule has 2 aliphatic carbocycles. The molecule has 0 amide bonds. The number of hydrogen-bond donors (Lipinski definition) is 2. The maximum Gasteiger partial charge on any atom is 0.0546 e. The van der Waals surface area contributed by atoms with Gasteiger partial charge in [0.05, 0.1) is 6.10 Å². The molecule has 0 aromatic carbocycles. The molecule has 92 valence electrons. The second-order valence-electron chi connectivity index (χ2n) is 5.95. The maximum absolute atomic E-state index is 9.20. The van der Waals surface area contributed by atoms with Crippen LogP contribution in [0, 0.1) is 17.8 Å². The van der Waals surface area contributed by atoms with Gasteiger partial charge in [0.25, 0.3) is 0 Å². The zero-order valence-electron chi connectivity index (χ0n) is 10.6. The topological polar surface area (TPSA) is 32.3 Å². The predicted octanol–water partition coefficient (Wildman–Crippen LogP) is 2.34. The molecule has 0 aliphatic heterocycles.